The zero-order valence-corrected chi connectivity index (χ0v) is 24.4. The van der Waals surface area contributed by atoms with E-state index in [-0.39, 0.29) is 39.7 Å². The maximum absolute atomic E-state index is 12.5. The molecule has 0 spiro atoms. The van der Waals surface area contributed by atoms with Crippen LogP contribution in [0.4, 0.5) is 0 Å². The molecular formula is C32H50O5. The summed E-state index contributed by atoms with van der Waals surface area (Å²) < 4.78 is 5.82. The zero-order valence-electron chi connectivity index (χ0n) is 24.4. The number of aliphatic carboxylic acids is 1. The van der Waals surface area contributed by atoms with E-state index in [1.807, 2.05) is 13.8 Å². The summed E-state index contributed by atoms with van der Waals surface area (Å²) in [7, 11) is 0. The molecule has 0 amide bonds. The average Bonchev–Trinajstić information content (AvgIpc) is 2.98. The van der Waals surface area contributed by atoms with Crippen molar-refractivity contribution < 1.29 is 24.5 Å². The van der Waals surface area contributed by atoms with Gasteiger partial charge >= 0.3 is 11.9 Å². The van der Waals surface area contributed by atoms with Crippen molar-refractivity contribution in [2.75, 3.05) is 0 Å². The van der Waals surface area contributed by atoms with Crippen LogP contribution in [0.25, 0.3) is 0 Å². The van der Waals surface area contributed by atoms with E-state index in [9.17, 15) is 19.8 Å². The quantitative estimate of drug-likeness (QED) is 0.292. The van der Waals surface area contributed by atoms with Gasteiger partial charge in [-0.3, -0.25) is 9.59 Å². The van der Waals surface area contributed by atoms with Gasteiger partial charge in [0.25, 0.3) is 0 Å². The zero-order chi connectivity index (χ0) is 27.6. The van der Waals surface area contributed by atoms with Crippen LogP contribution in [0.1, 0.15) is 113 Å². The van der Waals surface area contributed by atoms with Crippen LogP contribution in [-0.2, 0) is 14.3 Å². The Balaban J connectivity index is 1.71. The van der Waals surface area contributed by atoms with Gasteiger partial charge in [0.2, 0.25) is 0 Å². The SMILES string of the molecule is CC(=O)O[C@@H]1CC[C@@]2(C)C3=C(CC[C@@H]2C1(C)C)[C@@]1(C)C[C@H](O)C(C(CCC=C(C)C)C(=O)O)[C@]1(C)CC3. The Bertz CT molecular complexity index is 1000. The summed E-state index contributed by atoms with van der Waals surface area (Å²) in [6.45, 7) is 17.2. The van der Waals surface area contributed by atoms with Gasteiger partial charge in [-0.1, -0.05) is 57.4 Å². The largest absolute Gasteiger partial charge is 0.481 e. The van der Waals surface area contributed by atoms with Crippen molar-refractivity contribution in [1.29, 1.82) is 0 Å². The van der Waals surface area contributed by atoms with E-state index in [0.717, 1.165) is 44.9 Å². The predicted molar refractivity (Wildman–Crippen MR) is 146 cm³/mol. The van der Waals surface area contributed by atoms with E-state index in [0.29, 0.717) is 18.8 Å². The highest BCUT2D eigenvalue weighted by atomic mass is 16.5. The number of fused-ring (bicyclic) bond motifs is 4. The third-order valence-electron chi connectivity index (χ3n) is 11.8. The summed E-state index contributed by atoms with van der Waals surface area (Å²) in [5.41, 5.74) is 3.80. The van der Waals surface area contributed by atoms with Gasteiger partial charge in [-0.05, 0) is 93.8 Å². The standard InChI is InChI=1S/C32H50O5/c1-19(2)10-9-11-21(28(35)36)27-24(34)18-32(8)23-12-13-25-29(4,5)26(37-20(3)33)15-16-30(25,6)22(23)14-17-31(27,32)7/h10,21,24-27,34H,9,11-18H2,1-8H3,(H,35,36)/t21?,24-,25+,26+,27?,30-,31-,32+/m0/s1. The Morgan fingerprint density at radius 3 is 2.30 bits per heavy atom. The van der Waals surface area contributed by atoms with Crippen LogP contribution in [-0.4, -0.2) is 34.4 Å². The summed E-state index contributed by atoms with van der Waals surface area (Å²) in [5.74, 6) is -1.30. The van der Waals surface area contributed by atoms with E-state index in [1.165, 1.54) is 18.1 Å². The number of rotatable bonds is 6. The molecule has 0 heterocycles. The van der Waals surface area contributed by atoms with Gasteiger partial charge in [0.1, 0.15) is 6.10 Å². The first kappa shape index (κ1) is 28.4. The minimum atomic E-state index is -0.766. The lowest BCUT2D eigenvalue weighted by molar-refractivity contribution is -0.167. The molecule has 8 atom stereocenters. The monoisotopic (exact) mass is 514 g/mol. The topological polar surface area (TPSA) is 83.8 Å². The fourth-order valence-corrected chi connectivity index (χ4v) is 9.90. The molecular weight excluding hydrogens is 464 g/mol. The van der Waals surface area contributed by atoms with E-state index in [1.54, 1.807) is 5.57 Å². The van der Waals surface area contributed by atoms with Gasteiger partial charge in [0, 0.05) is 18.3 Å². The van der Waals surface area contributed by atoms with Gasteiger partial charge < -0.3 is 14.9 Å². The van der Waals surface area contributed by atoms with E-state index >= 15 is 0 Å². The first-order valence-corrected chi connectivity index (χ1v) is 14.5. The minimum absolute atomic E-state index is 0.0514. The Morgan fingerprint density at radius 1 is 1.03 bits per heavy atom. The Hall–Kier alpha value is -1.62. The second-order valence-electron chi connectivity index (χ2n) is 14.3. The molecule has 0 aromatic heterocycles. The Morgan fingerprint density at radius 2 is 1.70 bits per heavy atom. The first-order valence-electron chi connectivity index (χ1n) is 14.5. The molecule has 2 N–H and O–H groups in total. The van der Waals surface area contributed by atoms with Crippen molar-refractivity contribution in [3.8, 4) is 0 Å². The summed E-state index contributed by atoms with van der Waals surface area (Å²) >= 11 is 0. The van der Waals surface area contributed by atoms with Gasteiger partial charge in [-0.25, -0.2) is 0 Å². The molecule has 0 aliphatic heterocycles. The number of ether oxygens (including phenoxy) is 1. The van der Waals surface area contributed by atoms with Crippen molar-refractivity contribution in [2.24, 2.45) is 39.4 Å². The van der Waals surface area contributed by atoms with Crippen LogP contribution in [0.2, 0.25) is 0 Å². The molecule has 4 aliphatic rings. The average molecular weight is 515 g/mol. The van der Waals surface area contributed by atoms with Crippen LogP contribution in [0.5, 0.6) is 0 Å². The normalized spacial score (nSPS) is 41.2. The molecule has 208 valence electrons. The van der Waals surface area contributed by atoms with Crippen LogP contribution in [0, 0.1) is 39.4 Å². The summed E-state index contributed by atoms with van der Waals surface area (Å²) in [6, 6.07) is 0. The Kier molecular flexibility index (Phi) is 7.32. The maximum atomic E-state index is 12.5. The Labute approximate surface area is 224 Å². The second-order valence-corrected chi connectivity index (χ2v) is 14.3. The molecule has 2 unspecified atom stereocenters. The molecule has 37 heavy (non-hydrogen) atoms. The highest BCUT2D eigenvalue weighted by molar-refractivity contribution is 5.71. The molecule has 4 rings (SSSR count). The molecule has 0 aromatic carbocycles. The number of carboxylic acid groups (broad SMARTS) is 1. The molecule has 4 aliphatic carbocycles. The molecule has 0 bridgehead atoms. The number of esters is 1. The number of hydrogen-bond donors (Lipinski definition) is 2. The number of aliphatic hydroxyl groups excluding tert-OH is 1. The van der Waals surface area contributed by atoms with Gasteiger partial charge in [0.05, 0.1) is 12.0 Å². The van der Waals surface area contributed by atoms with E-state index in [4.69, 9.17) is 4.74 Å². The van der Waals surface area contributed by atoms with Crippen molar-refractivity contribution in [1.82, 2.24) is 0 Å². The van der Waals surface area contributed by atoms with Crippen LogP contribution in [0.3, 0.4) is 0 Å². The number of carboxylic acids is 1. The lowest BCUT2D eigenvalue weighted by Crippen LogP contribution is -2.56. The van der Waals surface area contributed by atoms with Crippen molar-refractivity contribution in [2.45, 2.75) is 125 Å². The molecule has 5 nitrogen and oxygen atoms in total. The van der Waals surface area contributed by atoms with E-state index in [2.05, 4.69) is 40.7 Å². The molecule has 2 fully saturated rings. The number of hydrogen-bond acceptors (Lipinski definition) is 4. The maximum Gasteiger partial charge on any atom is 0.306 e. The van der Waals surface area contributed by atoms with Gasteiger partial charge in [-0.2, -0.15) is 0 Å². The fraction of sp³-hybridized carbons (Fsp3) is 0.812. The van der Waals surface area contributed by atoms with Crippen molar-refractivity contribution in [3.05, 3.63) is 22.8 Å². The fourth-order valence-electron chi connectivity index (χ4n) is 9.90. The molecule has 2 saturated carbocycles. The number of carbonyl (C=O) groups excluding carboxylic acids is 1. The highest BCUT2D eigenvalue weighted by Crippen LogP contribution is 2.72. The van der Waals surface area contributed by atoms with Crippen molar-refractivity contribution in [3.63, 3.8) is 0 Å². The summed E-state index contributed by atoms with van der Waals surface area (Å²) in [4.78, 5) is 24.4. The minimum Gasteiger partial charge on any atom is -0.481 e. The van der Waals surface area contributed by atoms with Gasteiger partial charge in [0.15, 0.2) is 0 Å². The van der Waals surface area contributed by atoms with Crippen LogP contribution in [0.15, 0.2) is 22.8 Å². The van der Waals surface area contributed by atoms with Crippen LogP contribution >= 0.6 is 0 Å². The molecule has 0 saturated heterocycles. The number of allylic oxidation sites excluding steroid dienone is 4. The molecule has 5 heteroatoms. The summed E-state index contributed by atoms with van der Waals surface area (Å²) in [6.07, 6.45) is 9.27. The first-order chi connectivity index (χ1) is 17.1. The molecule has 0 radical (unpaired) electrons. The predicted octanol–water partition coefficient (Wildman–Crippen LogP) is 7.09. The number of carbonyl (C=O) groups is 2. The lowest BCUT2D eigenvalue weighted by Gasteiger charge is -2.62. The second kappa shape index (κ2) is 9.54. The molecule has 0 aromatic rings. The summed E-state index contributed by atoms with van der Waals surface area (Å²) in [5, 5.41) is 21.8. The van der Waals surface area contributed by atoms with Gasteiger partial charge in [-0.15, -0.1) is 0 Å². The number of aliphatic hydroxyl groups is 1. The van der Waals surface area contributed by atoms with E-state index < -0.39 is 18.0 Å². The third kappa shape index (κ3) is 4.32. The third-order valence-corrected chi connectivity index (χ3v) is 11.8. The lowest BCUT2D eigenvalue weighted by atomic mass is 9.43. The van der Waals surface area contributed by atoms with Crippen molar-refractivity contribution >= 4 is 11.9 Å². The van der Waals surface area contributed by atoms with Crippen LogP contribution < -0.4 is 0 Å². The smallest absolute Gasteiger partial charge is 0.306 e. The highest BCUT2D eigenvalue weighted by Gasteiger charge is 2.66.